The summed E-state index contributed by atoms with van der Waals surface area (Å²) < 4.78 is 10.3. The first kappa shape index (κ1) is 13.2. The molecule has 19 heavy (non-hydrogen) atoms. The summed E-state index contributed by atoms with van der Waals surface area (Å²) in [7, 11) is 0. The van der Waals surface area contributed by atoms with E-state index in [1.807, 2.05) is 0 Å². The van der Waals surface area contributed by atoms with Gasteiger partial charge in [0.05, 0.1) is 0 Å². The fraction of sp³-hybridized carbons (Fsp3) is 0.385. The molecular weight excluding hydrogens is 250 g/mol. The van der Waals surface area contributed by atoms with E-state index in [4.69, 9.17) is 9.47 Å². The number of aliphatic carboxylic acids is 1. The Morgan fingerprint density at radius 3 is 2.58 bits per heavy atom. The average molecular weight is 265 g/mol. The third-order valence-corrected chi connectivity index (χ3v) is 2.79. The second kappa shape index (κ2) is 5.17. The van der Waals surface area contributed by atoms with E-state index in [9.17, 15) is 14.7 Å². The van der Waals surface area contributed by atoms with Crippen molar-refractivity contribution in [3.05, 3.63) is 23.8 Å². The highest BCUT2D eigenvalue weighted by Gasteiger charge is 2.25. The molecule has 1 aromatic rings. The lowest BCUT2D eigenvalue weighted by Gasteiger charge is -2.16. The highest BCUT2D eigenvalue weighted by Crippen LogP contribution is 2.34. The van der Waals surface area contributed by atoms with E-state index in [-0.39, 0.29) is 18.6 Å². The first-order chi connectivity index (χ1) is 8.99. The molecule has 0 aliphatic carbocycles. The zero-order valence-corrected chi connectivity index (χ0v) is 10.7. The topological polar surface area (TPSA) is 84.9 Å². The Morgan fingerprint density at radius 1 is 1.26 bits per heavy atom. The Morgan fingerprint density at radius 2 is 1.95 bits per heavy atom. The van der Waals surface area contributed by atoms with Gasteiger partial charge >= 0.3 is 5.97 Å². The lowest BCUT2D eigenvalue weighted by atomic mass is 10.1. The van der Waals surface area contributed by atoms with Gasteiger partial charge in [-0.3, -0.25) is 4.79 Å². The number of rotatable bonds is 4. The molecule has 0 spiro atoms. The van der Waals surface area contributed by atoms with Crippen LogP contribution in [0.15, 0.2) is 18.2 Å². The van der Waals surface area contributed by atoms with Crippen molar-refractivity contribution in [1.29, 1.82) is 0 Å². The second-order valence-corrected chi connectivity index (χ2v) is 4.55. The Labute approximate surface area is 110 Å². The third kappa shape index (κ3) is 2.78. The summed E-state index contributed by atoms with van der Waals surface area (Å²) in [5.74, 6) is -0.653. The van der Waals surface area contributed by atoms with Gasteiger partial charge in [0, 0.05) is 5.92 Å². The summed E-state index contributed by atoms with van der Waals surface area (Å²) >= 11 is 0. The van der Waals surface area contributed by atoms with Crippen molar-refractivity contribution in [3.63, 3.8) is 0 Å². The summed E-state index contributed by atoms with van der Waals surface area (Å²) in [6, 6.07) is 3.72. The van der Waals surface area contributed by atoms with Crippen molar-refractivity contribution in [2.75, 3.05) is 6.79 Å². The molecule has 1 aliphatic rings. The van der Waals surface area contributed by atoms with Crippen LogP contribution >= 0.6 is 0 Å². The molecule has 102 valence electrons. The molecule has 1 atom stereocenters. The number of carbonyl (C=O) groups is 2. The molecule has 1 aliphatic heterocycles. The first-order valence-electron chi connectivity index (χ1n) is 5.91. The van der Waals surface area contributed by atoms with Gasteiger partial charge in [-0.2, -0.15) is 0 Å². The molecule has 0 radical (unpaired) electrons. The van der Waals surface area contributed by atoms with Crippen LogP contribution in [0.5, 0.6) is 11.5 Å². The zero-order valence-electron chi connectivity index (χ0n) is 10.7. The van der Waals surface area contributed by atoms with E-state index >= 15 is 0 Å². The van der Waals surface area contributed by atoms with Gasteiger partial charge in [-0.05, 0) is 17.7 Å². The van der Waals surface area contributed by atoms with Gasteiger partial charge in [-0.1, -0.05) is 19.9 Å². The predicted octanol–water partition coefficient (Wildman–Crippen LogP) is 1.31. The maximum absolute atomic E-state index is 11.6. The Bertz CT molecular complexity index is 512. The molecule has 2 rings (SSSR count). The number of hydrogen-bond donors (Lipinski definition) is 2. The number of carboxylic acids is 1. The van der Waals surface area contributed by atoms with Crippen molar-refractivity contribution in [3.8, 4) is 11.5 Å². The Hall–Kier alpha value is -2.24. The highest BCUT2D eigenvalue weighted by atomic mass is 16.7. The van der Waals surface area contributed by atoms with Gasteiger partial charge < -0.3 is 19.9 Å². The predicted molar refractivity (Wildman–Crippen MR) is 65.9 cm³/mol. The minimum Gasteiger partial charge on any atom is -0.479 e. The van der Waals surface area contributed by atoms with Crippen molar-refractivity contribution in [2.24, 2.45) is 5.92 Å². The minimum absolute atomic E-state index is 0.120. The summed E-state index contributed by atoms with van der Waals surface area (Å²) in [5, 5.41) is 11.7. The summed E-state index contributed by atoms with van der Waals surface area (Å²) in [6.45, 7) is 3.52. The molecule has 1 amide bonds. The normalized spacial score (nSPS) is 14.3. The molecule has 6 heteroatoms. The molecule has 0 aromatic heterocycles. The molecule has 1 heterocycles. The number of fused-ring (bicyclic) bond motifs is 1. The van der Waals surface area contributed by atoms with Gasteiger partial charge in [0.2, 0.25) is 12.7 Å². The lowest BCUT2D eigenvalue weighted by Crippen LogP contribution is -2.36. The maximum Gasteiger partial charge on any atom is 0.330 e. The number of nitrogens with one attached hydrogen (secondary N) is 1. The SMILES string of the molecule is CC(C)C(=O)NC(C(=O)O)c1ccc2c(c1)OCO2. The van der Waals surface area contributed by atoms with Gasteiger partial charge in [-0.15, -0.1) is 0 Å². The molecule has 6 nitrogen and oxygen atoms in total. The molecule has 1 unspecified atom stereocenters. The third-order valence-electron chi connectivity index (χ3n) is 2.79. The summed E-state index contributed by atoms with van der Waals surface area (Å²) in [4.78, 5) is 22.9. The smallest absolute Gasteiger partial charge is 0.330 e. The monoisotopic (exact) mass is 265 g/mol. The number of hydrogen-bond acceptors (Lipinski definition) is 4. The van der Waals surface area contributed by atoms with E-state index < -0.39 is 12.0 Å². The van der Waals surface area contributed by atoms with Crippen LogP contribution in [0.2, 0.25) is 0 Å². The van der Waals surface area contributed by atoms with Gasteiger partial charge in [0.25, 0.3) is 0 Å². The molecule has 1 aromatic carbocycles. The number of carbonyl (C=O) groups excluding carboxylic acids is 1. The van der Waals surface area contributed by atoms with Crippen LogP contribution in [0.4, 0.5) is 0 Å². The zero-order chi connectivity index (χ0) is 14.0. The van der Waals surface area contributed by atoms with Crippen LogP contribution in [0.3, 0.4) is 0 Å². The van der Waals surface area contributed by atoms with E-state index in [2.05, 4.69) is 5.32 Å². The number of amides is 1. The van der Waals surface area contributed by atoms with Crippen molar-refractivity contribution in [2.45, 2.75) is 19.9 Å². The van der Waals surface area contributed by atoms with E-state index in [1.54, 1.807) is 32.0 Å². The first-order valence-corrected chi connectivity index (χ1v) is 5.91. The number of benzene rings is 1. The average Bonchev–Trinajstić information content (AvgIpc) is 2.81. The number of carboxylic acid groups (broad SMARTS) is 1. The van der Waals surface area contributed by atoms with Crippen LogP contribution in [-0.4, -0.2) is 23.8 Å². The van der Waals surface area contributed by atoms with Crippen LogP contribution in [0.25, 0.3) is 0 Å². The maximum atomic E-state index is 11.6. The minimum atomic E-state index is -1.12. The quantitative estimate of drug-likeness (QED) is 0.857. The van der Waals surface area contributed by atoms with Crippen molar-refractivity contribution < 1.29 is 24.2 Å². The van der Waals surface area contributed by atoms with E-state index in [0.717, 1.165) is 0 Å². The van der Waals surface area contributed by atoms with Crippen molar-refractivity contribution >= 4 is 11.9 Å². The lowest BCUT2D eigenvalue weighted by molar-refractivity contribution is -0.142. The standard InChI is InChI=1S/C13H15NO5/c1-7(2)12(15)14-11(13(16)17)8-3-4-9-10(5-8)19-6-18-9/h3-5,7,11H,6H2,1-2H3,(H,14,15)(H,16,17). The largest absolute Gasteiger partial charge is 0.479 e. The Kier molecular flexibility index (Phi) is 3.59. The molecule has 0 saturated carbocycles. The van der Waals surface area contributed by atoms with Crippen LogP contribution in [0, 0.1) is 5.92 Å². The molecule has 0 fully saturated rings. The molecule has 0 bridgehead atoms. The Balaban J connectivity index is 2.24. The molecular formula is C13H15NO5. The van der Waals surface area contributed by atoms with E-state index in [1.165, 1.54) is 0 Å². The number of ether oxygens (including phenoxy) is 2. The van der Waals surface area contributed by atoms with Gasteiger partial charge in [0.1, 0.15) is 0 Å². The van der Waals surface area contributed by atoms with Crippen molar-refractivity contribution in [1.82, 2.24) is 5.32 Å². The highest BCUT2D eigenvalue weighted by molar-refractivity contribution is 5.85. The van der Waals surface area contributed by atoms with Gasteiger partial charge in [0.15, 0.2) is 17.5 Å². The fourth-order valence-electron chi connectivity index (χ4n) is 1.69. The summed E-state index contributed by atoms with van der Waals surface area (Å²) in [6.07, 6.45) is 0. The van der Waals surface area contributed by atoms with Gasteiger partial charge in [-0.25, -0.2) is 4.79 Å². The summed E-state index contributed by atoms with van der Waals surface area (Å²) in [5.41, 5.74) is 0.450. The molecule has 2 N–H and O–H groups in total. The van der Waals surface area contributed by atoms with E-state index in [0.29, 0.717) is 17.1 Å². The van der Waals surface area contributed by atoms with Crippen LogP contribution in [0.1, 0.15) is 25.5 Å². The second-order valence-electron chi connectivity index (χ2n) is 4.55. The van der Waals surface area contributed by atoms with Crippen LogP contribution in [-0.2, 0) is 9.59 Å². The van der Waals surface area contributed by atoms with Crippen LogP contribution < -0.4 is 14.8 Å². The fourth-order valence-corrected chi connectivity index (χ4v) is 1.69. The molecule has 0 saturated heterocycles.